The highest BCUT2D eigenvalue weighted by atomic mass is 16.4. The molecule has 3 nitrogen and oxygen atoms in total. The fraction of sp³-hybridized carbons (Fsp3) is 0.320. The molecule has 0 fully saturated rings. The van der Waals surface area contributed by atoms with E-state index in [0.29, 0.717) is 6.42 Å². The van der Waals surface area contributed by atoms with Crippen molar-refractivity contribution in [2.45, 2.75) is 51.5 Å². The maximum Gasteiger partial charge on any atom is 0.303 e. The Morgan fingerprint density at radius 2 is 1.14 bits per heavy atom. The highest BCUT2D eigenvalue weighted by molar-refractivity contribution is 5.83. The number of aliphatic carboxylic acids is 1. The Bertz CT molecular complexity index is 796. The number of aromatic nitrogens is 1. The van der Waals surface area contributed by atoms with Crippen LogP contribution in [0.3, 0.4) is 0 Å². The largest absolute Gasteiger partial charge is 0.481 e. The van der Waals surface area contributed by atoms with E-state index in [9.17, 15) is 4.79 Å². The molecule has 0 amide bonds. The normalized spacial score (nSPS) is 10.9. The number of carboxylic acid groups (broad SMARTS) is 1. The maximum atomic E-state index is 10.5. The van der Waals surface area contributed by atoms with E-state index in [1.54, 1.807) is 0 Å². The standard InChI is InChI=1S/C25H29NO2/c27-25(28)17-11-3-1-2-4-12-18-26-19-23(21-13-7-5-8-14-21)24(20-26)22-15-9-6-10-16-22/h5-10,13-16,19-20H,1-4,11-12,17-18H2,(H,27,28). The molecule has 0 saturated heterocycles. The molecular weight excluding hydrogens is 346 g/mol. The van der Waals surface area contributed by atoms with Gasteiger partial charge in [-0.15, -0.1) is 0 Å². The zero-order chi connectivity index (χ0) is 19.6. The topological polar surface area (TPSA) is 42.2 Å². The molecule has 0 unspecified atom stereocenters. The van der Waals surface area contributed by atoms with Gasteiger partial charge in [0.05, 0.1) is 0 Å². The number of unbranched alkanes of at least 4 members (excludes halogenated alkanes) is 5. The second kappa shape index (κ2) is 10.5. The molecule has 146 valence electrons. The Morgan fingerprint density at radius 1 is 0.679 bits per heavy atom. The predicted molar refractivity (Wildman–Crippen MR) is 115 cm³/mol. The van der Waals surface area contributed by atoms with Crippen LogP contribution in [0, 0.1) is 0 Å². The Kier molecular flexibility index (Phi) is 7.48. The summed E-state index contributed by atoms with van der Waals surface area (Å²) in [4.78, 5) is 10.5. The lowest BCUT2D eigenvalue weighted by atomic mass is 9.99. The van der Waals surface area contributed by atoms with Crippen molar-refractivity contribution in [2.24, 2.45) is 0 Å². The third-order valence-corrected chi connectivity index (χ3v) is 5.11. The molecule has 2 aromatic carbocycles. The molecule has 1 heterocycles. The molecule has 3 rings (SSSR count). The number of hydrogen-bond acceptors (Lipinski definition) is 1. The molecule has 0 bridgehead atoms. The second-order valence-corrected chi connectivity index (χ2v) is 7.32. The fourth-order valence-corrected chi connectivity index (χ4v) is 3.61. The van der Waals surface area contributed by atoms with Crippen molar-refractivity contribution in [3.05, 3.63) is 73.1 Å². The van der Waals surface area contributed by atoms with Gasteiger partial charge in [0.15, 0.2) is 0 Å². The number of benzene rings is 2. The van der Waals surface area contributed by atoms with E-state index in [2.05, 4.69) is 77.6 Å². The van der Waals surface area contributed by atoms with Crippen molar-refractivity contribution in [2.75, 3.05) is 0 Å². The van der Waals surface area contributed by atoms with Crippen LogP contribution < -0.4 is 0 Å². The lowest BCUT2D eigenvalue weighted by Crippen LogP contribution is -1.95. The first-order valence-electron chi connectivity index (χ1n) is 10.3. The van der Waals surface area contributed by atoms with Crippen LogP contribution in [0.4, 0.5) is 0 Å². The monoisotopic (exact) mass is 375 g/mol. The van der Waals surface area contributed by atoms with E-state index in [1.165, 1.54) is 35.1 Å². The smallest absolute Gasteiger partial charge is 0.303 e. The maximum absolute atomic E-state index is 10.5. The summed E-state index contributed by atoms with van der Waals surface area (Å²) in [6.07, 6.45) is 11.3. The van der Waals surface area contributed by atoms with Gasteiger partial charge in [-0.2, -0.15) is 0 Å². The molecule has 0 aliphatic heterocycles. The minimum Gasteiger partial charge on any atom is -0.481 e. The van der Waals surface area contributed by atoms with Crippen LogP contribution in [0.5, 0.6) is 0 Å². The van der Waals surface area contributed by atoms with E-state index in [1.807, 2.05) is 0 Å². The van der Waals surface area contributed by atoms with Gasteiger partial charge < -0.3 is 9.67 Å². The molecule has 3 heteroatoms. The van der Waals surface area contributed by atoms with Crippen molar-refractivity contribution in [1.29, 1.82) is 0 Å². The van der Waals surface area contributed by atoms with Gasteiger partial charge in [0.25, 0.3) is 0 Å². The van der Waals surface area contributed by atoms with Gasteiger partial charge in [0.1, 0.15) is 0 Å². The van der Waals surface area contributed by atoms with E-state index in [0.717, 1.165) is 32.2 Å². The summed E-state index contributed by atoms with van der Waals surface area (Å²) in [5.74, 6) is -0.684. The van der Waals surface area contributed by atoms with Crippen LogP contribution in [0.15, 0.2) is 73.1 Å². The van der Waals surface area contributed by atoms with Gasteiger partial charge in [-0.05, 0) is 24.0 Å². The summed E-state index contributed by atoms with van der Waals surface area (Å²) in [5, 5.41) is 8.67. The molecule has 0 aliphatic carbocycles. The van der Waals surface area contributed by atoms with E-state index in [-0.39, 0.29) is 0 Å². The third kappa shape index (κ3) is 5.85. The van der Waals surface area contributed by atoms with Gasteiger partial charge in [0, 0.05) is 36.5 Å². The molecule has 1 aromatic heterocycles. The first-order chi connectivity index (χ1) is 13.7. The molecule has 0 saturated carbocycles. The summed E-state index contributed by atoms with van der Waals surface area (Å²) in [6.45, 7) is 1.02. The SMILES string of the molecule is O=C(O)CCCCCCCCn1cc(-c2ccccc2)c(-c2ccccc2)c1. The van der Waals surface area contributed by atoms with Crippen LogP contribution in [-0.2, 0) is 11.3 Å². The highest BCUT2D eigenvalue weighted by Gasteiger charge is 2.10. The van der Waals surface area contributed by atoms with Crippen LogP contribution in [-0.4, -0.2) is 15.6 Å². The van der Waals surface area contributed by atoms with E-state index in [4.69, 9.17) is 5.11 Å². The molecule has 28 heavy (non-hydrogen) atoms. The van der Waals surface area contributed by atoms with Crippen molar-refractivity contribution < 1.29 is 9.90 Å². The molecule has 0 spiro atoms. The number of carboxylic acids is 1. The minimum absolute atomic E-state index is 0.299. The van der Waals surface area contributed by atoms with Crippen molar-refractivity contribution in [3.63, 3.8) is 0 Å². The van der Waals surface area contributed by atoms with E-state index >= 15 is 0 Å². The summed E-state index contributed by atoms with van der Waals surface area (Å²) in [7, 11) is 0. The molecule has 0 aliphatic rings. The second-order valence-electron chi connectivity index (χ2n) is 7.32. The Morgan fingerprint density at radius 3 is 1.64 bits per heavy atom. The van der Waals surface area contributed by atoms with Crippen molar-refractivity contribution in [3.8, 4) is 22.3 Å². The van der Waals surface area contributed by atoms with Crippen molar-refractivity contribution >= 4 is 5.97 Å². The summed E-state index contributed by atoms with van der Waals surface area (Å²) >= 11 is 0. The zero-order valence-electron chi connectivity index (χ0n) is 16.4. The number of rotatable bonds is 11. The first kappa shape index (κ1) is 19.9. The van der Waals surface area contributed by atoms with Crippen LogP contribution in [0.25, 0.3) is 22.3 Å². The molecular formula is C25H29NO2. The first-order valence-corrected chi connectivity index (χ1v) is 10.3. The highest BCUT2D eigenvalue weighted by Crippen LogP contribution is 2.33. The lowest BCUT2D eigenvalue weighted by molar-refractivity contribution is -0.137. The lowest BCUT2D eigenvalue weighted by Gasteiger charge is -2.03. The number of nitrogens with zero attached hydrogens (tertiary/aromatic N) is 1. The number of hydrogen-bond donors (Lipinski definition) is 1. The molecule has 0 atom stereocenters. The van der Waals surface area contributed by atoms with Crippen LogP contribution in [0.1, 0.15) is 44.9 Å². The third-order valence-electron chi connectivity index (χ3n) is 5.11. The van der Waals surface area contributed by atoms with E-state index < -0.39 is 5.97 Å². The summed E-state index contributed by atoms with van der Waals surface area (Å²) in [5.41, 5.74) is 5.05. The molecule has 0 radical (unpaired) electrons. The average Bonchev–Trinajstić information content (AvgIpc) is 3.15. The van der Waals surface area contributed by atoms with Gasteiger partial charge >= 0.3 is 5.97 Å². The van der Waals surface area contributed by atoms with Gasteiger partial charge in [-0.1, -0.05) is 86.3 Å². The van der Waals surface area contributed by atoms with Crippen LogP contribution in [0.2, 0.25) is 0 Å². The van der Waals surface area contributed by atoms with Crippen LogP contribution >= 0.6 is 0 Å². The molecule has 1 N–H and O–H groups in total. The Balaban J connectivity index is 1.58. The average molecular weight is 376 g/mol. The van der Waals surface area contributed by atoms with Gasteiger partial charge in [-0.3, -0.25) is 4.79 Å². The molecule has 3 aromatic rings. The van der Waals surface area contributed by atoms with Gasteiger partial charge in [0.2, 0.25) is 0 Å². The minimum atomic E-state index is -0.684. The number of aryl methyl sites for hydroxylation is 1. The quantitative estimate of drug-likeness (QED) is 0.382. The van der Waals surface area contributed by atoms with Gasteiger partial charge in [-0.25, -0.2) is 0 Å². The Hall–Kier alpha value is -2.81. The number of carbonyl (C=O) groups is 1. The summed E-state index contributed by atoms with van der Waals surface area (Å²) < 4.78 is 2.31. The predicted octanol–water partition coefficient (Wildman–Crippen LogP) is 6.64. The van der Waals surface area contributed by atoms with Crippen molar-refractivity contribution in [1.82, 2.24) is 4.57 Å². The zero-order valence-corrected chi connectivity index (χ0v) is 16.4. The Labute approximate surface area is 167 Å². The summed E-state index contributed by atoms with van der Waals surface area (Å²) in [6, 6.07) is 21.1. The fourth-order valence-electron chi connectivity index (χ4n) is 3.61.